The standard InChI is InChI=1S/C28H30N4O12S/c1-17(2)14-30(45(40,41)21-8-10-26-27(13-21)43-16-42-26)15-24(33)22(29-28(34)35)11-18-3-6-20(7-4-18)44-25-9-5-19(31(36)37)12-23(25)32(38)39/h3-10,12-13,17,22,24,29,33H,11,14-16H2,1-2H3,(H,34,35)/t22-,24-/m0/s1. The van der Waals surface area contributed by atoms with Crippen LogP contribution in [0.3, 0.4) is 0 Å². The maximum Gasteiger partial charge on any atom is 0.404 e. The molecule has 2 atom stereocenters. The maximum absolute atomic E-state index is 13.6. The molecule has 1 aliphatic rings. The van der Waals surface area contributed by atoms with E-state index in [2.05, 4.69) is 5.32 Å². The van der Waals surface area contributed by atoms with Gasteiger partial charge in [0, 0.05) is 25.2 Å². The van der Waals surface area contributed by atoms with Gasteiger partial charge < -0.3 is 29.7 Å². The van der Waals surface area contributed by atoms with Crippen LogP contribution in [0.25, 0.3) is 0 Å². The van der Waals surface area contributed by atoms with E-state index in [1.54, 1.807) is 13.8 Å². The molecule has 45 heavy (non-hydrogen) atoms. The van der Waals surface area contributed by atoms with E-state index in [0.29, 0.717) is 11.3 Å². The molecule has 0 bridgehead atoms. The van der Waals surface area contributed by atoms with Crippen molar-refractivity contribution in [1.82, 2.24) is 9.62 Å². The zero-order valence-corrected chi connectivity index (χ0v) is 24.9. The molecule has 0 spiro atoms. The van der Waals surface area contributed by atoms with Crippen LogP contribution in [-0.4, -0.2) is 70.9 Å². The van der Waals surface area contributed by atoms with Gasteiger partial charge in [0.2, 0.25) is 22.6 Å². The lowest BCUT2D eigenvalue weighted by molar-refractivity contribution is -0.394. The molecule has 0 saturated carbocycles. The Balaban J connectivity index is 1.51. The van der Waals surface area contributed by atoms with Gasteiger partial charge in [0.05, 0.1) is 33.0 Å². The Morgan fingerprint density at radius 3 is 2.31 bits per heavy atom. The summed E-state index contributed by atoms with van der Waals surface area (Å²) < 4.78 is 44.4. The van der Waals surface area contributed by atoms with Gasteiger partial charge >= 0.3 is 11.8 Å². The lowest BCUT2D eigenvalue weighted by Gasteiger charge is -2.30. The minimum Gasteiger partial charge on any atom is -0.465 e. The number of aliphatic hydroxyl groups is 1. The van der Waals surface area contributed by atoms with E-state index in [4.69, 9.17) is 14.2 Å². The number of aliphatic hydroxyl groups excluding tert-OH is 1. The Labute approximate surface area is 257 Å². The smallest absolute Gasteiger partial charge is 0.404 e. The van der Waals surface area contributed by atoms with E-state index in [-0.39, 0.29) is 47.8 Å². The highest BCUT2D eigenvalue weighted by molar-refractivity contribution is 7.89. The summed E-state index contributed by atoms with van der Waals surface area (Å²) in [5, 5.41) is 45.2. The number of rotatable bonds is 14. The molecule has 0 radical (unpaired) electrons. The maximum atomic E-state index is 13.6. The fraction of sp³-hybridized carbons (Fsp3) is 0.321. The van der Waals surface area contributed by atoms with Crippen LogP contribution in [0, 0.1) is 26.1 Å². The van der Waals surface area contributed by atoms with Crippen LogP contribution in [0.15, 0.2) is 65.6 Å². The van der Waals surface area contributed by atoms with Crippen molar-refractivity contribution < 1.29 is 47.5 Å². The predicted octanol–water partition coefficient (Wildman–Crippen LogP) is 3.91. The number of ether oxygens (including phenoxy) is 3. The molecule has 0 unspecified atom stereocenters. The summed E-state index contributed by atoms with van der Waals surface area (Å²) in [5.41, 5.74) is -0.563. The van der Waals surface area contributed by atoms with Crippen molar-refractivity contribution in [1.29, 1.82) is 0 Å². The van der Waals surface area contributed by atoms with Crippen molar-refractivity contribution in [3.05, 3.63) is 86.5 Å². The summed E-state index contributed by atoms with van der Waals surface area (Å²) in [7, 11) is -4.14. The second kappa shape index (κ2) is 13.7. The van der Waals surface area contributed by atoms with Crippen molar-refractivity contribution in [3.63, 3.8) is 0 Å². The normalized spacial score (nSPS) is 13.8. The number of nitrogens with one attached hydrogen (secondary N) is 1. The van der Waals surface area contributed by atoms with E-state index < -0.39 is 56.0 Å². The summed E-state index contributed by atoms with van der Waals surface area (Å²) in [6.45, 7) is 3.17. The number of hydrogen-bond donors (Lipinski definition) is 3. The number of fused-ring (bicyclic) bond motifs is 1. The van der Waals surface area contributed by atoms with E-state index in [1.165, 1.54) is 42.5 Å². The molecule has 16 nitrogen and oxygen atoms in total. The molecule has 1 aliphatic heterocycles. The fourth-order valence-corrected chi connectivity index (χ4v) is 6.20. The number of non-ortho nitro benzene ring substituents is 1. The highest BCUT2D eigenvalue weighted by Crippen LogP contribution is 2.36. The van der Waals surface area contributed by atoms with Gasteiger partial charge in [-0.25, -0.2) is 13.2 Å². The van der Waals surface area contributed by atoms with Gasteiger partial charge in [-0.2, -0.15) is 4.31 Å². The van der Waals surface area contributed by atoms with Crippen LogP contribution in [0.1, 0.15) is 19.4 Å². The van der Waals surface area contributed by atoms with Gasteiger partial charge in [0.25, 0.3) is 5.69 Å². The first-order chi connectivity index (χ1) is 21.2. The van der Waals surface area contributed by atoms with E-state index >= 15 is 0 Å². The first kappa shape index (κ1) is 32.9. The summed E-state index contributed by atoms with van der Waals surface area (Å²) in [4.78, 5) is 32.3. The molecule has 1 heterocycles. The Morgan fingerprint density at radius 2 is 1.69 bits per heavy atom. The number of benzene rings is 3. The summed E-state index contributed by atoms with van der Waals surface area (Å²) >= 11 is 0. The third kappa shape index (κ3) is 8.14. The quantitative estimate of drug-likeness (QED) is 0.168. The molecule has 0 fully saturated rings. The molecule has 3 N–H and O–H groups in total. The zero-order valence-electron chi connectivity index (χ0n) is 24.1. The van der Waals surface area contributed by atoms with Crippen LogP contribution in [0.4, 0.5) is 16.2 Å². The third-order valence-corrected chi connectivity index (χ3v) is 8.50. The van der Waals surface area contributed by atoms with Crippen LogP contribution in [-0.2, 0) is 16.4 Å². The van der Waals surface area contributed by atoms with Crippen molar-refractivity contribution in [2.45, 2.75) is 37.3 Å². The number of nitro benzene ring substituents is 2. The number of hydrogen-bond acceptors (Lipinski definition) is 11. The van der Waals surface area contributed by atoms with Crippen LogP contribution in [0.2, 0.25) is 0 Å². The number of nitro groups is 2. The van der Waals surface area contributed by atoms with E-state index in [0.717, 1.165) is 22.5 Å². The number of nitrogens with zero attached hydrogens (tertiary/aromatic N) is 3. The van der Waals surface area contributed by atoms with Gasteiger partial charge in [-0.3, -0.25) is 20.2 Å². The largest absolute Gasteiger partial charge is 0.465 e. The van der Waals surface area contributed by atoms with Crippen LogP contribution < -0.4 is 19.5 Å². The van der Waals surface area contributed by atoms with Gasteiger partial charge in [-0.05, 0) is 48.2 Å². The topological polar surface area (TPSA) is 221 Å². The number of amides is 1. The molecule has 0 aromatic heterocycles. The molecule has 240 valence electrons. The number of sulfonamides is 1. The highest BCUT2D eigenvalue weighted by Gasteiger charge is 2.32. The van der Waals surface area contributed by atoms with Crippen molar-refractivity contribution in [2.24, 2.45) is 5.92 Å². The van der Waals surface area contributed by atoms with Crippen molar-refractivity contribution >= 4 is 27.5 Å². The lowest BCUT2D eigenvalue weighted by atomic mass is 10.0. The van der Waals surface area contributed by atoms with E-state index in [1.807, 2.05) is 0 Å². The van der Waals surface area contributed by atoms with Crippen molar-refractivity contribution in [3.8, 4) is 23.0 Å². The molecular formula is C28H30N4O12S. The molecule has 1 amide bonds. The minimum absolute atomic E-state index is 0.0362. The second-order valence-electron chi connectivity index (χ2n) is 10.5. The Bertz CT molecular complexity index is 1680. The first-order valence-electron chi connectivity index (χ1n) is 13.5. The summed E-state index contributed by atoms with van der Waals surface area (Å²) in [5.74, 6) is 0.454. The monoisotopic (exact) mass is 646 g/mol. The van der Waals surface area contributed by atoms with Crippen LogP contribution in [0.5, 0.6) is 23.0 Å². The molecule has 0 saturated heterocycles. The molecule has 3 aromatic rings. The van der Waals surface area contributed by atoms with Gasteiger partial charge in [0.15, 0.2) is 11.5 Å². The average Bonchev–Trinajstić information content (AvgIpc) is 3.45. The number of carboxylic acid groups (broad SMARTS) is 1. The van der Waals surface area contributed by atoms with Gasteiger partial charge in [-0.15, -0.1) is 0 Å². The Hall–Kier alpha value is -5.00. The summed E-state index contributed by atoms with van der Waals surface area (Å²) in [6, 6.07) is 11.9. The minimum atomic E-state index is -4.14. The van der Waals surface area contributed by atoms with E-state index in [9.17, 15) is 43.7 Å². The number of carbonyl (C=O) groups is 1. The Kier molecular flexibility index (Phi) is 10.1. The average molecular weight is 647 g/mol. The SMILES string of the molecule is CC(C)CN(C[C@H](O)[C@H](Cc1ccc(Oc2ccc([N+](=O)[O-])cc2[N+](=O)[O-])cc1)NC(=O)O)S(=O)(=O)c1ccc2c(c1)OCO2. The van der Waals surface area contributed by atoms with Crippen molar-refractivity contribution in [2.75, 3.05) is 19.9 Å². The van der Waals surface area contributed by atoms with Gasteiger partial charge in [0.1, 0.15) is 5.75 Å². The molecule has 3 aromatic carbocycles. The first-order valence-corrected chi connectivity index (χ1v) is 15.0. The second-order valence-corrected chi connectivity index (χ2v) is 12.4. The highest BCUT2D eigenvalue weighted by atomic mass is 32.2. The Morgan fingerprint density at radius 1 is 1.00 bits per heavy atom. The van der Waals surface area contributed by atoms with Gasteiger partial charge in [-0.1, -0.05) is 26.0 Å². The lowest BCUT2D eigenvalue weighted by Crippen LogP contribution is -2.50. The third-order valence-electron chi connectivity index (χ3n) is 6.67. The molecule has 4 rings (SSSR count). The van der Waals surface area contributed by atoms with Crippen LogP contribution >= 0.6 is 0 Å². The predicted molar refractivity (Wildman–Crippen MR) is 157 cm³/mol. The molecule has 0 aliphatic carbocycles. The summed E-state index contributed by atoms with van der Waals surface area (Å²) in [6.07, 6.45) is -2.95. The molecular weight excluding hydrogens is 616 g/mol. The zero-order chi connectivity index (χ0) is 32.9. The fourth-order valence-electron chi connectivity index (χ4n) is 4.56. The molecule has 17 heteroatoms.